The zero-order valence-corrected chi connectivity index (χ0v) is 12.4. The Morgan fingerprint density at radius 2 is 1.21 bits per heavy atom. The molecule has 2 rings (SSSR count). The molecule has 2 saturated carbocycles. The van der Waals surface area contributed by atoms with Gasteiger partial charge in [0.1, 0.15) is 11.6 Å². The quantitative estimate of drug-likeness (QED) is 0.777. The number of carbonyl (C=O) groups excluding carboxylic acids is 2. The van der Waals surface area contributed by atoms with Crippen molar-refractivity contribution in [1.29, 1.82) is 0 Å². The molecule has 2 aliphatic carbocycles. The van der Waals surface area contributed by atoms with Crippen molar-refractivity contribution in [3.05, 3.63) is 0 Å². The van der Waals surface area contributed by atoms with E-state index in [0.29, 0.717) is 38.5 Å². The van der Waals surface area contributed by atoms with Crippen LogP contribution in [0.5, 0.6) is 0 Å². The zero-order chi connectivity index (χ0) is 14.2. The molecule has 2 fully saturated rings. The number of ketones is 2. The van der Waals surface area contributed by atoms with E-state index in [-0.39, 0.29) is 23.4 Å². The molecule has 4 atom stereocenters. The van der Waals surface area contributed by atoms with Gasteiger partial charge >= 0.3 is 0 Å². The predicted octanol–water partition coefficient (Wildman–Crippen LogP) is 1.92. The molecule has 0 heterocycles. The Bertz CT molecular complexity index is 442. The van der Waals surface area contributed by atoms with Crippen LogP contribution in [0.2, 0.25) is 0 Å². The molecule has 0 radical (unpaired) electrons. The summed E-state index contributed by atoms with van der Waals surface area (Å²) in [6.07, 6.45) is 2.44. The molecule has 0 spiro atoms. The molecular weight excluding hydrogens is 264 g/mol. The third-order valence-corrected chi connectivity index (χ3v) is 7.72. The van der Waals surface area contributed by atoms with Crippen molar-refractivity contribution < 1.29 is 18.0 Å². The fourth-order valence-corrected chi connectivity index (χ4v) is 6.39. The second kappa shape index (κ2) is 5.35. The van der Waals surface area contributed by atoms with Gasteiger partial charge in [0.25, 0.3) is 0 Å². The highest BCUT2D eigenvalue weighted by Crippen LogP contribution is 2.36. The molecule has 0 aromatic rings. The molecule has 19 heavy (non-hydrogen) atoms. The molecule has 4 nitrogen and oxygen atoms in total. The van der Waals surface area contributed by atoms with Gasteiger partial charge in [-0.25, -0.2) is 8.42 Å². The minimum absolute atomic E-state index is 0.0870. The summed E-state index contributed by atoms with van der Waals surface area (Å²) < 4.78 is 25.5. The number of carbonyl (C=O) groups is 2. The molecule has 0 aromatic heterocycles. The third-order valence-electron chi connectivity index (χ3n) is 4.63. The molecule has 2 aliphatic rings. The summed E-state index contributed by atoms with van der Waals surface area (Å²) in [6.45, 7) is 3.72. The minimum Gasteiger partial charge on any atom is -0.300 e. The van der Waals surface area contributed by atoms with Gasteiger partial charge in [-0.05, 0) is 24.7 Å². The van der Waals surface area contributed by atoms with Gasteiger partial charge in [-0.1, -0.05) is 13.8 Å². The average molecular weight is 286 g/mol. The van der Waals surface area contributed by atoms with Crippen LogP contribution in [-0.4, -0.2) is 30.5 Å². The van der Waals surface area contributed by atoms with Gasteiger partial charge in [-0.3, -0.25) is 9.59 Å². The molecule has 0 aliphatic heterocycles. The maximum atomic E-state index is 12.8. The first-order chi connectivity index (χ1) is 8.82. The van der Waals surface area contributed by atoms with E-state index in [0.717, 1.165) is 0 Å². The Hall–Kier alpha value is -0.710. The molecule has 0 amide bonds. The first kappa shape index (κ1) is 14.7. The van der Waals surface area contributed by atoms with Gasteiger partial charge in [-0.2, -0.15) is 0 Å². The van der Waals surface area contributed by atoms with Crippen LogP contribution in [0.3, 0.4) is 0 Å². The highest BCUT2D eigenvalue weighted by atomic mass is 32.2. The predicted molar refractivity (Wildman–Crippen MR) is 72.5 cm³/mol. The van der Waals surface area contributed by atoms with Gasteiger partial charge in [0.05, 0.1) is 10.5 Å². The SMILES string of the molecule is CC1CC(=O)CCC1S(=O)(=O)C1CCC(=O)CC1C. The molecule has 0 bridgehead atoms. The van der Waals surface area contributed by atoms with Gasteiger partial charge < -0.3 is 0 Å². The first-order valence-electron chi connectivity index (χ1n) is 7.08. The zero-order valence-electron chi connectivity index (χ0n) is 11.6. The number of sulfone groups is 1. The monoisotopic (exact) mass is 286 g/mol. The van der Waals surface area contributed by atoms with Crippen molar-refractivity contribution in [3.8, 4) is 0 Å². The molecule has 5 heteroatoms. The van der Waals surface area contributed by atoms with E-state index in [2.05, 4.69) is 0 Å². The average Bonchev–Trinajstić information content (AvgIpc) is 2.27. The topological polar surface area (TPSA) is 68.3 Å². The van der Waals surface area contributed by atoms with E-state index in [1.165, 1.54) is 0 Å². The number of hydrogen-bond acceptors (Lipinski definition) is 4. The summed E-state index contributed by atoms with van der Waals surface area (Å²) in [7, 11) is -3.23. The Balaban J connectivity index is 2.18. The largest absolute Gasteiger partial charge is 0.300 e. The van der Waals surface area contributed by atoms with E-state index in [4.69, 9.17) is 0 Å². The van der Waals surface area contributed by atoms with E-state index in [1.54, 1.807) is 0 Å². The van der Waals surface area contributed by atoms with Crippen molar-refractivity contribution in [3.63, 3.8) is 0 Å². The highest BCUT2D eigenvalue weighted by molar-refractivity contribution is 7.92. The maximum Gasteiger partial charge on any atom is 0.156 e. The van der Waals surface area contributed by atoms with Gasteiger partial charge in [0.2, 0.25) is 0 Å². The van der Waals surface area contributed by atoms with E-state index >= 15 is 0 Å². The van der Waals surface area contributed by atoms with E-state index in [9.17, 15) is 18.0 Å². The fourth-order valence-electron chi connectivity index (χ4n) is 3.56. The van der Waals surface area contributed by atoms with Gasteiger partial charge in [0.15, 0.2) is 9.84 Å². The highest BCUT2D eigenvalue weighted by Gasteiger charge is 2.43. The second-order valence-corrected chi connectivity index (χ2v) is 8.57. The van der Waals surface area contributed by atoms with Crippen molar-refractivity contribution in [2.45, 2.75) is 62.9 Å². The van der Waals surface area contributed by atoms with Gasteiger partial charge in [-0.15, -0.1) is 0 Å². The van der Waals surface area contributed by atoms with Crippen LogP contribution in [0.15, 0.2) is 0 Å². The number of rotatable bonds is 2. The fraction of sp³-hybridized carbons (Fsp3) is 0.857. The van der Waals surface area contributed by atoms with Crippen LogP contribution in [0.25, 0.3) is 0 Å². The second-order valence-electron chi connectivity index (χ2n) is 6.18. The first-order valence-corrected chi connectivity index (χ1v) is 8.69. The summed E-state index contributed by atoms with van der Waals surface area (Å²) in [6, 6.07) is 0. The number of Topliss-reactive ketones (excluding diaryl/α,β-unsaturated/α-hetero) is 2. The lowest BCUT2D eigenvalue weighted by molar-refractivity contribution is -0.121. The Kier molecular flexibility index (Phi) is 4.14. The molecule has 0 saturated heterocycles. The van der Waals surface area contributed by atoms with Crippen LogP contribution in [0.4, 0.5) is 0 Å². The van der Waals surface area contributed by atoms with E-state index in [1.807, 2.05) is 13.8 Å². The summed E-state index contributed by atoms with van der Waals surface area (Å²) in [5, 5.41) is -0.795. The summed E-state index contributed by atoms with van der Waals surface area (Å²) in [4.78, 5) is 22.8. The number of hydrogen-bond donors (Lipinski definition) is 0. The third kappa shape index (κ3) is 2.91. The summed E-state index contributed by atoms with van der Waals surface area (Å²) in [5.41, 5.74) is 0. The van der Waals surface area contributed by atoms with E-state index < -0.39 is 20.3 Å². The van der Waals surface area contributed by atoms with Crippen LogP contribution < -0.4 is 0 Å². The molecule has 4 unspecified atom stereocenters. The van der Waals surface area contributed by atoms with Crippen LogP contribution >= 0.6 is 0 Å². The van der Waals surface area contributed by atoms with Crippen molar-refractivity contribution in [2.24, 2.45) is 11.8 Å². The smallest absolute Gasteiger partial charge is 0.156 e. The lowest BCUT2D eigenvalue weighted by Crippen LogP contribution is -2.44. The van der Waals surface area contributed by atoms with Gasteiger partial charge in [0, 0.05) is 25.7 Å². The van der Waals surface area contributed by atoms with Crippen molar-refractivity contribution >= 4 is 21.4 Å². The van der Waals surface area contributed by atoms with Crippen molar-refractivity contribution in [2.75, 3.05) is 0 Å². The maximum absolute atomic E-state index is 12.8. The summed E-state index contributed by atoms with van der Waals surface area (Å²) in [5.74, 6) is 0.170. The lowest BCUT2D eigenvalue weighted by atomic mass is 9.89. The molecule has 108 valence electrons. The normalized spacial score (nSPS) is 37.4. The standard InChI is InChI=1S/C14H22O4S/c1-9-7-11(15)3-5-13(9)19(17,18)14-6-4-12(16)8-10(14)2/h9-10,13-14H,3-8H2,1-2H3. The molecule has 0 N–H and O–H groups in total. The van der Waals surface area contributed by atoms with Crippen molar-refractivity contribution in [1.82, 2.24) is 0 Å². The Morgan fingerprint density at radius 1 is 0.842 bits per heavy atom. The van der Waals surface area contributed by atoms with Crippen LogP contribution in [0, 0.1) is 11.8 Å². The minimum atomic E-state index is -3.23. The Labute approximate surface area is 114 Å². The lowest BCUT2D eigenvalue weighted by Gasteiger charge is -2.35. The Morgan fingerprint density at radius 3 is 1.53 bits per heavy atom. The summed E-state index contributed by atoms with van der Waals surface area (Å²) >= 11 is 0. The molecular formula is C14H22O4S. The molecule has 0 aromatic carbocycles. The van der Waals surface area contributed by atoms with Crippen LogP contribution in [-0.2, 0) is 19.4 Å². The van der Waals surface area contributed by atoms with Crippen LogP contribution in [0.1, 0.15) is 52.4 Å².